The van der Waals surface area contributed by atoms with E-state index in [0.29, 0.717) is 12.3 Å². The third-order valence-corrected chi connectivity index (χ3v) is 3.04. The first-order valence-corrected chi connectivity index (χ1v) is 5.55. The van der Waals surface area contributed by atoms with Crippen LogP contribution in [0.5, 0.6) is 0 Å². The maximum atomic E-state index is 10.9. The summed E-state index contributed by atoms with van der Waals surface area (Å²) in [4.78, 5) is 10.9. The molecule has 16 heavy (non-hydrogen) atoms. The van der Waals surface area contributed by atoms with Crippen molar-refractivity contribution in [3.05, 3.63) is 35.4 Å². The zero-order chi connectivity index (χ0) is 11.5. The van der Waals surface area contributed by atoms with Gasteiger partial charge in [0.2, 0.25) is 0 Å². The maximum absolute atomic E-state index is 10.9. The highest BCUT2D eigenvalue weighted by Crippen LogP contribution is 2.41. The Labute approximate surface area is 95.0 Å². The minimum atomic E-state index is -0.895. The Kier molecular flexibility index (Phi) is 3.25. The summed E-state index contributed by atoms with van der Waals surface area (Å²) in [6.07, 6.45) is 2.17. The van der Waals surface area contributed by atoms with Crippen LogP contribution in [0.2, 0.25) is 0 Å². The van der Waals surface area contributed by atoms with Crippen LogP contribution in [0.3, 0.4) is 0 Å². The van der Waals surface area contributed by atoms with Gasteiger partial charge < -0.3 is 9.84 Å². The standard InChI is InChI=1S/C13H16O3/c1-16-12(13(14)15)8-10-4-2-3-5-11(10)9-6-7-9/h2-5,9,12H,6-8H2,1H3,(H,14,15). The first kappa shape index (κ1) is 11.1. The molecule has 1 fully saturated rings. The summed E-state index contributed by atoms with van der Waals surface area (Å²) < 4.78 is 4.97. The number of rotatable bonds is 5. The predicted molar refractivity (Wildman–Crippen MR) is 60.6 cm³/mol. The molecule has 1 aromatic rings. The van der Waals surface area contributed by atoms with Crippen LogP contribution in [-0.4, -0.2) is 24.3 Å². The van der Waals surface area contributed by atoms with Crippen molar-refractivity contribution in [2.75, 3.05) is 7.11 Å². The van der Waals surface area contributed by atoms with E-state index in [-0.39, 0.29) is 0 Å². The average molecular weight is 220 g/mol. The number of carboxylic acids is 1. The van der Waals surface area contributed by atoms with E-state index in [1.54, 1.807) is 0 Å². The van der Waals surface area contributed by atoms with Gasteiger partial charge in [-0.2, -0.15) is 0 Å². The Morgan fingerprint density at radius 2 is 2.19 bits per heavy atom. The van der Waals surface area contributed by atoms with E-state index < -0.39 is 12.1 Å². The normalized spacial score (nSPS) is 17.1. The van der Waals surface area contributed by atoms with Crippen molar-refractivity contribution in [1.82, 2.24) is 0 Å². The van der Waals surface area contributed by atoms with Crippen molar-refractivity contribution in [2.45, 2.75) is 31.3 Å². The van der Waals surface area contributed by atoms with Crippen molar-refractivity contribution in [2.24, 2.45) is 0 Å². The third kappa shape index (κ3) is 2.42. The number of carbonyl (C=O) groups is 1. The lowest BCUT2D eigenvalue weighted by molar-refractivity contribution is -0.148. The third-order valence-electron chi connectivity index (χ3n) is 3.04. The molecule has 0 saturated heterocycles. The van der Waals surface area contributed by atoms with Gasteiger partial charge in [-0.05, 0) is 29.9 Å². The van der Waals surface area contributed by atoms with Crippen LogP contribution >= 0.6 is 0 Å². The van der Waals surface area contributed by atoms with E-state index in [0.717, 1.165) is 5.56 Å². The van der Waals surface area contributed by atoms with Crippen LogP contribution in [0.25, 0.3) is 0 Å². The monoisotopic (exact) mass is 220 g/mol. The molecule has 0 radical (unpaired) electrons. The average Bonchev–Trinajstić information content (AvgIpc) is 3.09. The molecule has 1 unspecified atom stereocenters. The van der Waals surface area contributed by atoms with E-state index in [4.69, 9.17) is 9.84 Å². The second-order valence-electron chi connectivity index (χ2n) is 4.24. The number of aliphatic carboxylic acids is 1. The fourth-order valence-corrected chi connectivity index (χ4v) is 1.98. The van der Waals surface area contributed by atoms with E-state index >= 15 is 0 Å². The molecule has 0 amide bonds. The quantitative estimate of drug-likeness (QED) is 0.827. The molecule has 0 bridgehead atoms. The number of methoxy groups -OCH3 is 1. The van der Waals surface area contributed by atoms with E-state index in [1.807, 2.05) is 18.2 Å². The summed E-state index contributed by atoms with van der Waals surface area (Å²) in [5.41, 5.74) is 2.41. The molecular weight excluding hydrogens is 204 g/mol. The highest BCUT2D eigenvalue weighted by Gasteiger charge is 2.27. The molecule has 0 spiro atoms. The van der Waals surface area contributed by atoms with Gasteiger partial charge in [-0.25, -0.2) is 4.79 Å². The molecule has 3 nitrogen and oxygen atoms in total. The Balaban J connectivity index is 2.16. The van der Waals surface area contributed by atoms with Gasteiger partial charge in [-0.1, -0.05) is 24.3 Å². The van der Waals surface area contributed by atoms with Gasteiger partial charge in [0.1, 0.15) is 0 Å². The number of benzene rings is 1. The van der Waals surface area contributed by atoms with Gasteiger partial charge in [-0.3, -0.25) is 0 Å². The lowest BCUT2D eigenvalue weighted by Gasteiger charge is -2.13. The zero-order valence-electron chi connectivity index (χ0n) is 9.35. The highest BCUT2D eigenvalue weighted by molar-refractivity contribution is 5.72. The highest BCUT2D eigenvalue weighted by atomic mass is 16.5. The van der Waals surface area contributed by atoms with Crippen molar-refractivity contribution >= 4 is 5.97 Å². The largest absolute Gasteiger partial charge is 0.479 e. The minimum absolute atomic E-state index is 0.457. The van der Waals surface area contributed by atoms with E-state index in [1.165, 1.54) is 25.5 Å². The van der Waals surface area contributed by atoms with Gasteiger partial charge in [0.25, 0.3) is 0 Å². The number of carboxylic acid groups (broad SMARTS) is 1. The van der Waals surface area contributed by atoms with Crippen LogP contribution in [0.4, 0.5) is 0 Å². The van der Waals surface area contributed by atoms with Crippen molar-refractivity contribution in [1.29, 1.82) is 0 Å². The molecule has 1 aromatic carbocycles. The molecule has 1 saturated carbocycles. The summed E-state index contributed by atoms with van der Waals surface area (Å²) in [7, 11) is 1.44. The Bertz CT molecular complexity index is 383. The van der Waals surface area contributed by atoms with Crippen molar-refractivity contribution in [3.8, 4) is 0 Å². The molecule has 3 heteroatoms. The maximum Gasteiger partial charge on any atom is 0.333 e. The second-order valence-corrected chi connectivity index (χ2v) is 4.24. The van der Waals surface area contributed by atoms with Crippen molar-refractivity contribution in [3.63, 3.8) is 0 Å². The van der Waals surface area contributed by atoms with Gasteiger partial charge >= 0.3 is 5.97 Å². The van der Waals surface area contributed by atoms with E-state index in [9.17, 15) is 4.79 Å². The van der Waals surface area contributed by atoms with Crippen LogP contribution in [0, 0.1) is 0 Å². The fraction of sp³-hybridized carbons (Fsp3) is 0.462. The zero-order valence-corrected chi connectivity index (χ0v) is 9.35. The molecule has 1 N–H and O–H groups in total. The van der Waals surface area contributed by atoms with Gasteiger partial charge in [0.05, 0.1) is 0 Å². The summed E-state index contributed by atoms with van der Waals surface area (Å²) >= 11 is 0. The first-order valence-electron chi connectivity index (χ1n) is 5.55. The molecule has 1 aliphatic carbocycles. The van der Waals surface area contributed by atoms with Gasteiger partial charge in [0, 0.05) is 13.5 Å². The van der Waals surface area contributed by atoms with E-state index in [2.05, 4.69) is 6.07 Å². The second kappa shape index (κ2) is 4.66. The topological polar surface area (TPSA) is 46.5 Å². The predicted octanol–water partition coefficient (Wildman–Crippen LogP) is 2.21. The SMILES string of the molecule is COC(Cc1ccccc1C1CC1)C(=O)O. The summed E-state index contributed by atoms with van der Waals surface area (Å²) in [6, 6.07) is 8.07. The molecule has 2 rings (SSSR count). The lowest BCUT2D eigenvalue weighted by atomic mass is 9.98. The molecule has 1 aliphatic rings. The van der Waals surface area contributed by atoms with Crippen molar-refractivity contribution < 1.29 is 14.6 Å². The number of hydrogen-bond donors (Lipinski definition) is 1. The van der Waals surface area contributed by atoms with Crippen LogP contribution in [0.1, 0.15) is 29.9 Å². The molecule has 1 atom stereocenters. The van der Waals surface area contributed by atoms with Gasteiger partial charge in [0.15, 0.2) is 6.10 Å². The Morgan fingerprint density at radius 3 is 2.75 bits per heavy atom. The Morgan fingerprint density at radius 1 is 1.50 bits per heavy atom. The Hall–Kier alpha value is -1.35. The molecular formula is C13H16O3. The van der Waals surface area contributed by atoms with Crippen LogP contribution < -0.4 is 0 Å². The molecule has 0 aliphatic heterocycles. The number of ether oxygens (including phenoxy) is 1. The molecule has 0 heterocycles. The fourth-order valence-electron chi connectivity index (χ4n) is 1.98. The smallest absolute Gasteiger partial charge is 0.333 e. The summed E-state index contributed by atoms with van der Waals surface area (Å²) in [5.74, 6) is -0.254. The first-order chi connectivity index (χ1) is 7.72. The lowest BCUT2D eigenvalue weighted by Crippen LogP contribution is -2.25. The number of hydrogen-bond acceptors (Lipinski definition) is 2. The van der Waals surface area contributed by atoms with Gasteiger partial charge in [-0.15, -0.1) is 0 Å². The molecule has 0 aromatic heterocycles. The summed E-state index contributed by atoms with van der Waals surface area (Å²) in [6.45, 7) is 0. The summed E-state index contributed by atoms with van der Waals surface area (Å²) in [5, 5.41) is 8.95. The minimum Gasteiger partial charge on any atom is -0.479 e. The van der Waals surface area contributed by atoms with Crippen LogP contribution in [0.15, 0.2) is 24.3 Å². The molecule has 86 valence electrons. The van der Waals surface area contributed by atoms with Crippen LogP contribution in [-0.2, 0) is 16.0 Å².